The molecule has 1 rings (SSSR count). The first kappa shape index (κ1) is 13.2. The van der Waals surface area contributed by atoms with Crippen LogP contribution in [0.25, 0.3) is 0 Å². The first-order valence-corrected chi connectivity index (χ1v) is 4.79. The molecule has 1 fully saturated rings. The standard InChI is InChI=1S/C7H14O2.C4H6O/c1-7(9)4-2-6(8)3-5-7;1-3-5-4-2/h6,8-9H,2-5H2,1H3;3-4H,1-2H2. The van der Waals surface area contributed by atoms with Crippen molar-refractivity contribution in [2.45, 2.75) is 44.3 Å². The van der Waals surface area contributed by atoms with Crippen molar-refractivity contribution in [3.8, 4) is 0 Å². The summed E-state index contributed by atoms with van der Waals surface area (Å²) in [6.45, 7) is 8.35. The molecular formula is C11H20O3. The molecule has 14 heavy (non-hydrogen) atoms. The second-order valence-corrected chi connectivity index (χ2v) is 3.70. The minimum Gasteiger partial charge on any atom is -0.474 e. The molecule has 0 bridgehead atoms. The van der Waals surface area contributed by atoms with Gasteiger partial charge in [0.1, 0.15) is 0 Å². The number of hydrogen-bond acceptors (Lipinski definition) is 3. The van der Waals surface area contributed by atoms with Crippen molar-refractivity contribution in [1.82, 2.24) is 0 Å². The van der Waals surface area contributed by atoms with Crippen LogP contribution in [-0.2, 0) is 4.74 Å². The summed E-state index contributed by atoms with van der Waals surface area (Å²) in [6.07, 6.45) is 5.47. The van der Waals surface area contributed by atoms with Gasteiger partial charge in [0, 0.05) is 0 Å². The Balaban J connectivity index is 0.000000292. The second-order valence-electron chi connectivity index (χ2n) is 3.70. The van der Waals surface area contributed by atoms with E-state index in [0.29, 0.717) is 0 Å². The molecule has 2 N–H and O–H groups in total. The molecule has 0 amide bonds. The van der Waals surface area contributed by atoms with Crippen LogP contribution in [0.5, 0.6) is 0 Å². The van der Waals surface area contributed by atoms with Gasteiger partial charge in [-0.1, -0.05) is 13.2 Å². The lowest BCUT2D eigenvalue weighted by molar-refractivity contribution is -0.0175. The van der Waals surface area contributed by atoms with Crippen molar-refractivity contribution in [3.05, 3.63) is 25.7 Å². The Labute approximate surface area is 85.7 Å². The molecule has 0 aliphatic heterocycles. The fourth-order valence-electron chi connectivity index (χ4n) is 1.29. The molecule has 0 saturated heterocycles. The molecule has 0 spiro atoms. The summed E-state index contributed by atoms with van der Waals surface area (Å²) in [6, 6.07) is 0. The van der Waals surface area contributed by atoms with Crippen molar-refractivity contribution in [2.24, 2.45) is 0 Å². The first-order valence-electron chi connectivity index (χ1n) is 4.79. The largest absolute Gasteiger partial charge is 0.474 e. The lowest BCUT2D eigenvalue weighted by atomic mass is 9.85. The van der Waals surface area contributed by atoms with Crippen molar-refractivity contribution < 1.29 is 14.9 Å². The van der Waals surface area contributed by atoms with Gasteiger partial charge in [-0.3, -0.25) is 0 Å². The lowest BCUT2D eigenvalue weighted by Crippen LogP contribution is -2.32. The average molecular weight is 200 g/mol. The third-order valence-corrected chi connectivity index (χ3v) is 2.22. The van der Waals surface area contributed by atoms with Gasteiger partial charge >= 0.3 is 0 Å². The third kappa shape index (κ3) is 6.69. The number of aliphatic hydroxyl groups is 2. The molecular weight excluding hydrogens is 180 g/mol. The van der Waals surface area contributed by atoms with Gasteiger partial charge in [-0.05, 0) is 32.6 Å². The molecule has 3 nitrogen and oxygen atoms in total. The Kier molecular flexibility index (Phi) is 6.25. The molecule has 0 aromatic rings. The van der Waals surface area contributed by atoms with Crippen LogP contribution in [0.15, 0.2) is 25.7 Å². The van der Waals surface area contributed by atoms with E-state index >= 15 is 0 Å². The fourth-order valence-corrected chi connectivity index (χ4v) is 1.29. The highest BCUT2D eigenvalue weighted by Gasteiger charge is 2.27. The highest BCUT2D eigenvalue weighted by atomic mass is 16.5. The predicted octanol–water partition coefficient (Wildman–Crippen LogP) is 1.96. The molecule has 3 heteroatoms. The van der Waals surface area contributed by atoms with Gasteiger partial charge in [0.25, 0.3) is 0 Å². The third-order valence-electron chi connectivity index (χ3n) is 2.22. The van der Waals surface area contributed by atoms with Crippen LogP contribution in [0.1, 0.15) is 32.6 Å². The van der Waals surface area contributed by atoms with Crippen LogP contribution < -0.4 is 0 Å². The molecule has 0 heterocycles. The Morgan fingerprint density at radius 1 is 1.29 bits per heavy atom. The van der Waals surface area contributed by atoms with Gasteiger partial charge in [-0.2, -0.15) is 0 Å². The van der Waals surface area contributed by atoms with Gasteiger partial charge in [0.05, 0.1) is 24.2 Å². The van der Waals surface area contributed by atoms with Gasteiger partial charge < -0.3 is 14.9 Å². The zero-order valence-corrected chi connectivity index (χ0v) is 8.78. The fraction of sp³-hybridized carbons (Fsp3) is 0.636. The zero-order chi connectivity index (χ0) is 11.0. The van der Waals surface area contributed by atoms with E-state index in [0.717, 1.165) is 25.7 Å². The first-order chi connectivity index (χ1) is 6.52. The topological polar surface area (TPSA) is 49.7 Å². The van der Waals surface area contributed by atoms with Crippen molar-refractivity contribution >= 4 is 0 Å². The zero-order valence-electron chi connectivity index (χ0n) is 8.78. The van der Waals surface area contributed by atoms with Crippen LogP contribution >= 0.6 is 0 Å². The summed E-state index contributed by atoms with van der Waals surface area (Å²) >= 11 is 0. The molecule has 82 valence electrons. The van der Waals surface area contributed by atoms with Crippen molar-refractivity contribution in [2.75, 3.05) is 0 Å². The van der Waals surface area contributed by atoms with Gasteiger partial charge in [-0.25, -0.2) is 0 Å². The summed E-state index contributed by atoms with van der Waals surface area (Å²) in [7, 11) is 0. The molecule has 0 radical (unpaired) electrons. The van der Waals surface area contributed by atoms with E-state index in [4.69, 9.17) is 5.11 Å². The van der Waals surface area contributed by atoms with Crippen LogP contribution in [0.3, 0.4) is 0 Å². The molecule has 1 aliphatic carbocycles. The molecule has 0 aromatic carbocycles. The normalized spacial score (nSPS) is 30.9. The minimum atomic E-state index is -0.501. The van der Waals surface area contributed by atoms with E-state index in [-0.39, 0.29) is 6.10 Å². The van der Waals surface area contributed by atoms with Gasteiger partial charge in [0.15, 0.2) is 0 Å². The van der Waals surface area contributed by atoms with Gasteiger partial charge in [0.2, 0.25) is 0 Å². The van der Waals surface area contributed by atoms with E-state index in [2.05, 4.69) is 17.9 Å². The van der Waals surface area contributed by atoms with E-state index in [1.807, 2.05) is 6.92 Å². The highest BCUT2D eigenvalue weighted by molar-refractivity contribution is 4.80. The summed E-state index contributed by atoms with van der Waals surface area (Å²) < 4.78 is 4.36. The molecule has 0 atom stereocenters. The number of ether oxygens (including phenoxy) is 1. The molecule has 0 aromatic heterocycles. The predicted molar refractivity (Wildman–Crippen MR) is 56.6 cm³/mol. The SMILES string of the molecule is C=COC=C.CC1(O)CCC(O)CC1. The summed E-state index contributed by atoms with van der Waals surface area (Å²) in [5.74, 6) is 0. The monoisotopic (exact) mass is 200 g/mol. The number of rotatable bonds is 2. The van der Waals surface area contributed by atoms with Crippen LogP contribution in [0.4, 0.5) is 0 Å². The lowest BCUT2D eigenvalue weighted by Gasteiger charge is -2.30. The maximum Gasteiger partial charge on any atom is 0.0829 e. The highest BCUT2D eigenvalue weighted by Crippen LogP contribution is 2.27. The maximum absolute atomic E-state index is 9.38. The van der Waals surface area contributed by atoms with E-state index in [1.54, 1.807) is 0 Å². The van der Waals surface area contributed by atoms with Gasteiger partial charge in [-0.15, -0.1) is 0 Å². The molecule has 1 aliphatic rings. The Bertz CT molecular complexity index is 159. The molecule has 1 saturated carbocycles. The Hall–Kier alpha value is -0.800. The summed E-state index contributed by atoms with van der Waals surface area (Å²) in [4.78, 5) is 0. The van der Waals surface area contributed by atoms with Crippen molar-refractivity contribution in [3.63, 3.8) is 0 Å². The summed E-state index contributed by atoms with van der Waals surface area (Å²) in [5, 5.41) is 18.4. The smallest absolute Gasteiger partial charge is 0.0829 e. The van der Waals surface area contributed by atoms with Crippen LogP contribution in [-0.4, -0.2) is 21.9 Å². The van der Waals surface area contributed by atoms with E-state index in [9.17, 15) is 5.11 Å². The number of hydrogen-bond donors (Lipinski definition) is 2. The minimum absolute atomic E-state index is 0.162. The summed E-state index contributed by atoms with van der Waals surface area (Å²) in [5.41, 5.74) is -0.501. The Morgan fingerprint density at radius 3 is 1.93 bits per heavy atom. The maximum atomic E-state index is 9.38. The van der Waals surface area contributed by atoms with Crippen LogP contribution in [0, 0.1) is 0 Å². The average Bonchev–Trinajstić information content (AvgIpc) is 2.13. The van der Waals surface area contributed by atoms with Crippen molar-refractivity contribution in [1.29, 1.82) is 0 Å². The second kappa shape index (κ2) is 6.62. The number of aliphatic hydroxyl groups excluding tert-OH is 1. The van der Waals surface area contributed by atoms with E-state index < -0.39 is 5.60 Å². The Morgan fingerprint density at radius 2 is 1.71 bits per heavy atom. The van der Waals surface area contributed by atoms with E-state index in [1.165, 1.54) is 12.5 Å². The van der Waals surface area contributed by atoms with Crippen LogP contribution in [0.2, 0.25) is 0 Å². The molecule has 0 unspecified atom stereocenters. The quantitative estimate of drug-likeness (QED) is 0.670.